The van der Waals surface area contributed by atoms with Crippen LogP contribution in [0.2, 0.25) is 15.1 Å². The van der Waals surface area contributed by atoms with Gasteiger partial charge in [0.15, 0.2) is 0 Å². The molecule has 0 fully saturated rings. The summed E-state index contributed by atoms with van der Waals surface area (Å²) >= 11 is 18.4. The third kappa shape index (κ3) is 3.89. The van der Waals surface area contributed by atoms with Gasteiger partial charge in [-0.05, 0) is 36.2 Å². The van der Waals surface area contributed by atoms with Crippen LogP contribution >= 0.6 is 34.8 Å². The third-order valence-corrected chi connectivity index (χ3v) is 4.52. The van der Waals surface area contributed by atoms with E-state index in [1.165, 1.54) is 6.07 Å². The van der Waals surface area contributed by atoms with E-state index in [2.05, 4.69) is 5.32 Å². The van der Waals surface area contributed by atoms with Gasteiger partial charge in [-0.1, -0.05) is 66.0 Å². The lowest BCUT2D eigenvalue weighted by Gasteiger charge is -2.21. The van der Waals surface area contributed by atoms with E-state index < -0.39 is 5.82 Å². The predicted octanol–water partition coefficient (Wildman–Crippen LogP) is 5.68. The lowest BCUT2D eigenvalue weighted by atomic mass is 9.98. The molecule has 0 aliphatic rings. The number of halogens is 4. The lowest BCUT2D eigenvalue weighted by Crippen LogP contribution is -2.23. The van der Waals surface area contributed by atoms with E-state index in [4.69, 9.17) is 34.8 Å². The number of hydrogen-bond donors (Lipinski definition) is 1. The Balaban J connectivity index is 2.35. The van der Waals surface area contributed by atoms with Gasteiger partial charge in [-0.2, -0.15) is 0 Å². The van der Waals surface area contributed by atoms with Crippen LogP contribution in [0, 0.1) is 5.82 Å². The highest BCUT2D eigenvalue weighted by Crippen LogP contribution is 2.33. The van der Waals surface area contributed by atoms with Crippen LogP contribution in [0.5, 0.6) is 0 Å². The standard InChI is InChI=1S/C16H15Cl3FN/c1-2-21-14(11-6-4-7-12(17)16(11)19)9-10-5-3-8-13(20)15(10)18/h3-8,14,21H,2,9H2,1H3. The first-order valence-corrected chi connectivity index (χ1v) is 7.78. The molecule has 0 saturated heterocycles. The van der Waals surface area contributed by atoms with Crippen molar-refractivity contribution >= 4 is 34.8 Å². The molecule has 1 nitrogen and oxygen atoms in total. The number of nitrogens with one attached hydrogen (secondary N) is 1. The van der Waals surface area contributed by atoms with Crippen LogP contribution in [-0.4, -0.2) is 6.54 Å². The summed E-state index contributed by atoms with van der Waals surface area (Å²) in [6, 6.07) is 10.2. The van der Waals surface area contributed by atoms with Crippen LogP contribution in [0.25, 0.3) is 0 Å². The molecule has 0 heterocycles. The topological polar surface area (TPSA) is 12.0 Å². The maximum atomic E-state index is 13.6. The third-order valence-electron chi connectivity index (χ3n) is 3.26. The van der Waals surface area contributed by atoms with Gasteiger partial charge in [-0.15, -0.1) is 0 Å². The largest absolute Gasteiger partial charge is 0.310 e. The highest BCUT2D eigenvalue weighted by Gasteiger charge is 2.18. The van der Waals surface area contributed by atoms with Crippen LogP contribution in [-0.2, 0) is 6.42 Å². The lowest BCUT2D eigenvalue weighted by molar-refractivity contribution is 0.547. The molecule has 21 heavy (non-hydrogen) atoms. The van der Waals surface area contributed by atoms with E-state index in [9.17, 15) is 4.39 Å². The fraction of sp³-hybridized carbons (Fsp3) is 0.250. The molecule has 1 unspecified atom stereocenters. The Hall–Kier alpha value is -0.800. The maximum absolute atomic E-state index is 13.6. The minimum absolute atomic E-state index is 0.0829. The zero-order valence-electron chi connectivity index (χ0n) is 11.5. The van der Waals surface area contributed by atoms with Gasteiger partial charge in [0.25, 0.3) is 0 Å². The first-order chi connectivity index (χ1) is 10.0. The molecule has 0 aliphatic heterocycles. The first kappa shape index (κ1) is 16.6. The van der Waals surface area contributed by atoms with Crippen LogP contribution in [0.4, 0.5) is 4.39 Å². The highest BCUT2D eigenvalue weighted by molar-refractivity contribution is 6.42. The molecule has 0 saturated carbocycles. The summed E-state index contributed by atoms with van der Waals surface area (Å²) in [5.41, 5.74) is 1.62. The van der Waals surface area contributed by atoms with E-state index in [1.807, 2.05) is 25.1 Å². The Morgan fingerprint density at radius 2 is 1.76 bits per heavy atom. The van der Waals surface area contributed by atoms with Gasteiger partial charge in [-0.3, -0.25) is 0 Å². The van der Waals surface area contributed by atoms with Crippen LogP contribution in [0.3, 0.4) is 0 Å². The van der Waals surface area contributed by atoms with Crippen molar-refractivity contribution in [2.75, 3.05) is 6.54 Å². The quantitative estimate of drug-likeness (QED) is 0.734. The SMILES string of the molecule is CCNC(Cc1cccc(F)c1Cl)c1cccc(Cl)c1Cl. The normalized spacial score (nSPS) is 12.4. The summed E-state index contributed by atoms with van der Waals surface area (Å²) in [6.45, 7) is 2.75. The van der Waals surface area contributed by atoms with Crippen molar-refractivity contribution in [1.29, 1.82) is 0 Å². The summed E-state index contributed by atoms with van der Waals surface area (Å²) < 4.78 is 13.6. The summed E-state index contributed by atoms with van der Waals surface area (Å²) in [4.78, 5) is 0. The van der Waals surface area contributed by atoms with Gasteiger partial charge in [0, 0.05) is 6.04 Å². The van der Waals surface area contributed by atoms with Gasteiger partial charge in [-0.25, -0.2) is 4.39 Å². The predicted molar refractivity (Wildman–Crippen MR) is 88.0 cm³/mol. The van der Waals surface area contributed by atoms with Crippen molar-refractivity contribution in [3.8, 4) is 0 Å². The molecule has 2 rings (SSSR count). The van der Waals surface area contributed by atoms with E-state index >= 15 is 0 Å². The van der Waals surface area contributed by atoms with Crippen molar-refractivity contribution in [3.63, 3.8) is 0 Å². The molecule has 5 heteroatoms. The molecular formula is C16H15Cl3FN. The highest BCUT2D eigenvalue weighted by atomic mass is 35.5. The first-order valence-electron chi connectivity index (χ1n) is 6.64. The van der Waals surface area contributed by atoms with Gasteiger partial charge >= 0.3 is 0 Å². The minimum Gasteiger partial charge on any atom is -0.310 e. The van der Waals surface area contributed by atoms with Crippen molar-refractivity contribution in [2.45, 2.75) is 19.4 Å². The summed E-state index contributed by atoms with van der Waals surface area (Å²) in [5.74, 6) is -0.415. The molecular weight excluding hydrogens is 332 g/mol. The molecule has 2 aromatic carbocycles. The van der Waals surface area contributed by atoms with Crippen molar-refractivity contribution in [2.24, 2.45) is 0 Å². The molecule has 1 N–H and O–H groups in total. The van der Waals surface area contributed by atoms with Gasteiger partial charge in [0.05, 0.1) is 15.1 Å². The van der Waals surface area contributed by atoms with Gasteiger partial charge < -0.3 is 5.32 Å². The average Bonchev–Trinajstić information content (AvgIpc) is 2.46. The summed E-state index contributed by atoms with van der Waals surface area (Å²) in [7, 11) is 0. The molecule has 0 radical (unpaired) electrons. The number of rotatable bonds is 5. The fourth-order valence-corrected chi connectivity index (χ4v) is 2.90. The maximum Gasteiger partial charge on any atom is 0.142 e. The molecule has 0 aliphatic carbocycles. The molecule has 112 valence electrons. The summed E-state index contributed by atoms with van der Waals surface area (Å²) in [6.07, 6.45) is 0.532. The second kappa shape index (κ2) is 7.46. The van der Waals surface area contributed by atoms with E-state index in [-0.39, 0.29) is 11.1 Å². The second-order valence-electron chi connectivity index (χ2n) is 4.67. The molecule has 0 spiro atoms. The average molecular weight is 347 g/mol. The monoisotopic (exact) mass is 345 g/mol. The zero-order valence-corrected chi connectivity index (χ0v) is 13.7. The molecule has 0 amide bonds. The Morgan fingerprint density at radius 3 is 2.48 bits per heavy atom. The van der Waals surface area contributed by atoms with Gasteiger partial charge in [0.2, 0.25) is 0 Å². The number of hydrogen-bond acceptors (Lipinski definition) is 1. The van der Waals surface area contributed by atoms with E-state index in [0.29, 0.717) is 16.5 Å². The Labute approximate surface area is 139 Å². The molecule has 0 aromatic heterocycles. The van der Waals surface area contributed by atoms with Crippen molar-refractivity contribution in [3.05, 3.63) is 68.4 Å². The smallest absolute Gasteiger partial charge is 0.142 e. The minimum atomic E-state index is -0.415. The van der Waals surface area contributed by atoms with Gasteiger partial charge in [0.1, 0.15) is 5.82 Å². The number of likely N-dealkylation sites (N-methyl/N-ethyl adjacent to an activating group) is 1. The van der Waals surface area contributed by atoms with E-state index in [0.717, 1.165) is 17.7 Å². The summed E-state index contributed by atoms with van der Waals surface area (Å²) in [5, 5.41) is 4.50. The Morgan fingerprint density at radius 1 is 1.05 bits per heavy atom. The van der Waals surface area contributed by atoms with Crippen LogP contribution in [0.15, 0.2) is 36.4 Å². The zero-order chi connectivity index (χ0) is 15.4. The van der Waals surface area contributed by atoms with Crippen LogP contribution < -0.4 is 5.32 Å². The molecule has 2 aromatic rings. The number of benzene rings is 2. The second-order valence-corrected chi connectivity index (χ2v) is 5.83. The molecule has 0 bridgehead atoms. The Kier molecular flexibility index (Phi) is 5.88. The fourth-order valence-electron chi connectivity index (χ4n) is 2.25. The molecule has 1 atom stereocenters. The van der Waals surface area contributed by atoms with Crippen molar-refractivity contribution in [1.82, 2.24) is 5.32 Å². The Bertz CT molecular complexity index is 631. The van der Waals surface area contributed by atoms with Crippen LogP contribution in [0.1, 0.15) is 24.1 Å². The van der Waals surface area contributed by atoms with E-state index in [1.54, 1.807) is 12.1 Å². The van der Waals surface area contributed by atoms with Crippen molar-refractivity contribution < 1.29 is 4.39 Å².